The molecule has 1 N–H and O–H groups in total. The lowest BCUT2D eigenvalue weighted by Crippen LogP contribution is -2.44. The first-order valence-electron chi connectivity index (χ1n) is 10.5. The van der Waals surface area contributed by atoms with E-state index in [0.29, 0.717) is 22.2 Å². The molecule has 3 heterocycles. The van der Waals surface area contributed by atoms with E-state index in [0.717, 1.165) is 16.8 Å². The van der Waals surface area contributed by atoms with Gasteiger partial charge in [-0.25, -0.2) is 27.8 Å². The van der Waals surface area contributed by atoms with Crippen molar-refractivity contribution in [2.75, 3.05) is 0 Å². The topological polar surface area (TPSA) is 104 Å². The molecule has 0 bridgehead atoms. The van der Waals surface area contributed by atoms with Crippen LogP contribution in [0.15, 0.2) is 72.3 Å². The van der Waals surface area contributed by atoms with Gasteiger partial charge in [-0.15, -0.1) is 0 Å². The van der Waals surface area contributed by atoms with Crippen molar-refractivity contribution < 1.29 is 13.9 Å². The Morgan fingerprint density at radius 1 is 1.14 bits per heavy atom. The smallest absolute Gasteiger partial charge is 0.295 e. The third-order valence-corrected chi connectivity index (χ3v) is 6.14. The van der Waals surface area contributed by atoms with Gasteiger partial charge in [0.25, 0.3) is 5.56 Å². The maximum atomic E-state index is 14.8. The minimum absolute atomic E-state index is 0.101. The standard InChI is InChI=1S/C23H18ClF2N7O2/c1-14(23(35,11-31-13-27-12-29-31)19-7-4-17(25)8-20(19)26)33-22(34)21-15(9-28-33)10-32(30-21)18-5-2-16(24)3-6-18/h2-10,12-14,35H,11H2,1H3/t14-,23-/m1/s1. The number of nitrogens with zero attached hydrogens (tertiary/aromatic N) is 7. The fraction of sp³-hybridized carbons (Fsp3) is 0.174. The van der Waals surface area contributed by atoms with Crippen molar-refractivity contribution in [3.8, 4) is 5.69 Å². The van der Waals surface area contributed by atoms with Crippen LogP contribution in [0.25, 0.3) is 16.6 Å². The summed E-state index contributed by atoms with van der Waals surface area (Å²) < 4.78 is 32.3. The van der Waals surface area contributed by atoms with Gasteiger partial charge in [-0.1, -0.05) is 17.7 Å². The normalized spacial score (nSPS) is 14.2. The van der Waals surface area contributed by atoms with Gasteiger partial charge in [-0.2, -0.15) is 15.3 Å². The van der Waals surface area contributed by atoms with Gasteiger partial charge in [-0.3, -0.25) is 4.79 Å². The van der Waals surface area contributed by atoms with Crippen LogP contribution in [0.4, 0.5) is 8.78 Å². The van der Waals surface area contributed by atoms with Crippen LogP contribution in [0.1, 0.15) is 18.5 Å². The van der Waals surface area contributed by atoms with Gasteiger partial charge in [-0.05, 0) is 37.3 Å². The summed E-state index contributed by atoms with van der Waals surface area (Å²) in [6, 6.07) is 8.62. The Morgan fingerprint density at radius 2 is 1.91 bits per heavy atom. The second kappa shape index (κ2) is 8.67. The molecular weight excluding hydrogens is 480 g/mol. The second-order valence-corrected chi connectivity index (χ2v) is 8.50. The summed E-state index contributed by atoms with van der Waals surface area (Å²) in [7, 11) is 0. The van der Waals surface area contributed by atoms with Crippen LogP contribution < -0.4 is 5.56 Å². The molecule has 0 saturated carbocycles. The lowest BCUT2D eigenvalue weighted by Gasteiger charge is -2.34. The number of rotatable bonds is 6. The van der Waals surface area contributed by atoms with E-state index >= 15 is 0 Å². The van der Waals surface area contributed by atoms with Crippen molar-refractivity contribution in [1.82, 2.24) is 34.3 Å². The van der Waals surface area contributed by atoms with E-state index in [1.54, 1.807) is 30.5 Å². The lowest BCUT2D eigenvalue weighted by atomic mass is 9.86. The molecule has 0 aliphatic rings. The summed E-state index contributed by atoms with van der Waals surface area (Å²) in [5.41, 5.74) is -2.08. The minimum atomic E-state index is -2.05. The molecule has 3 aromatic heterocycles. The highest BCUT2D eigenvalue weighted by Crippen LogP contribution is 2.36. The molecule has 9 nitrogen and oxygen atoms in total. The first-order chi connectivity index (χ1) is 16.8. The van der Waals surface area contributed by atoms with Crippen LogP contribution in [0, 0.1) is 11.6 Å². The zero-order valence-electron chi connectivity index (χ0n) is 18.3. The summed E-state index contributed by atoms with van der Waals surface area (Å²) in [5, 5.41) is 25.4. The highest BCUT2D eigenvalue weighted by molar-refractivity contribution is 6.30. The average molecular weight is 498 g/mol. The molecule has 0 spiro atoms. The van der Waals surface area contributed by atoms with Crippen molar-refractivity contribution in [2.45, 2.75) is 25.1 Å². The van der Waals surface area contributed by atoms with Gasteiger partial charge in [0.15, 0.2) is 5.52 Å². The number of hydrogen-bond donors (Lipinski definition) is 1. The van der Waals surface area contributed by atoms with E-state index in [9.17, 15) is 18.7 Å². The van der Waals surface area contributed by atoms with Crippen molar-refractivity contribution in [2.24, 2.45) is 0 Å². The molecule has 0 radical (unpaired) electrons. The van der Waals surface area contributed by atoms with Crippen molar-refractivity contribution in [3.05, 3.63) is 100 Å². The van der Waals surface area contributed by atoms with Gasteiger partial charge in [0.2, 0.25) is 0 Å². The molecule has 35 heavy (non-hydrogen) atoms. The number of aliphatic hydroxyl groups is 1. The van der Waals surface area contributed by atoms with Gasteiger partial charge in [0, 0.05) is 28.2 Å². The monoisotopic (exact) mass is 497 g/mol. The Kier molecular flexibility index (Phi) is 5.65. The highest BCUT2D eigenvalue weighted by Gasteiger charge is 2.41. The SMILES string of the molecule is C[C@@H](n1ncc2cn(-c3ccc(Cl)cc3)nc2c1=O)[C@](O)(Cn1cncn1)c1ccc(F)cc1F. The van der Waals surface area contributed by atoms with E-state index < -0.39 is 28.8 Å². The molecule has 0 fully saturated rings. The Morgan fingerprint density at radius 3 is 2.60 bits per heavy atom. The highest BCUT2D eigenvalue weighted by atomic mass is 35.5. The molecule has 0 amide bonds. The van der Waals surface area contributed by atoms with Crippen LogP contribution in [0.3, 0.4) is 0 Å². The summed E-state index contributed by atoms with van der Waals surface area (Å²) in [6.45, 7) is 1.23. The summed E-state index contributed by atoms with van der Waals surface area (Å²) in [6.07, 6.45) is 5.67. The van der Waals surface area contributed by atoms with Crippen LogP contribution in [0.5, 0.6) is 0 Å². The fourth-order valence-corrected chi connectivity index (χ4v) is 4.11. The van der Waals surface area contributed by atoms with Gasteiger partial charge < -0.3 is 5.11 Å². The summed E-state index contributed by atoms with van der Waals surface area (Å²) >= 11 is 5.95. The second-order valence-electron chi connectivity index (χ2n) is 8.07. The van der Waals surface area contributed by atoms with Gasteiger partial charge in [0.05, 0.1) is 24.5 Å². The lowest BCUT2D eigenvalue weighted by molar-refractivity contribution is -0.0382. The maximum Gasteiger partial charge on any atom is 0.295 e. The third kappa shape index (κ3) is 4.08. The zero-order valence-corrected chi connectivity index (χ0v) is 19.0. The minimum Gasteiger partial charge on any atom is -0.381 e. The van der Waals surface area contributed by atoms with Crippen molar-refractivity contribution >= 4 is 22.5 Å². The molecular formula is C23H18ClF2N7O2. The average Bonchev–Trinajstić information content (AvgIpc) is 3.49. The molecule has 178 valence electrons. The number of halogens is 3. The quantitative estimate of drug-likeness (QED) is 0.386. The Hall–Kier alpha value is -3.96. The van der Waals surface area contributed by atoms with Crippen molar-refractivity contribution in [3.63, 3.8) is 0 Å². The Balaban J connectivity index is 1.62. The first-order valence-corrected chi connectivity index (χ1v) is 10.9. The molecule has 0 aliphatic heterocycles. The van der Waals surface area contributed by atoms with Crippen LogP contribution in [-0.2, 0) is 12.1 Å². The van der Waals surface area contributed by atoms with E-state index in [2.05, 4.69) is 20.3 Å². The maximum absolute atomic E-state index is 14.8. The molecule has 12 heteroatoms. The third-order valence-electron chi connectivity index (χ3n) is 5.89. The predicted octanol–water partition coefficient (Wildman–Crippen LogP) is 3.25. The van der Waals surface area contributed by atoms with E-state index in [1.165, 1.54) is 35.1 Å². The number of hydrogen-bond acceptors (Lipinski definition) is 6. The van der Waals surface area contributed by atoms with Crippen LogP contribution in [0.2, 0.25) is 5.02 Å². The molecule has 2 atom stereocenters. The number of aromatic nitrogens is 7. The summed E-state index contributed by atoms with van der Waals surface area (Å²) in [5.74, 6) is -1.77. The predicted molar refractivity (Wildman–Crippen MR) is 123 cm³/mol. The molecule has 0 aliphatic carbocycles. The number of benzene rings is 2. The molecule has 0 unspecified atom stereocenters. The van der Waals surface area contributed by atoms with Crippen LogP contribution in [-0.4, -0.2) is 39.4 Å². The van der Waals surface area contributed by atoms with Crippen LogP contribution >= 0.6 is 11.6 Å². The first kappa shape index (κ1) is 22.8. The zero-order chi connectivity index (χ0) is 24.7. The summed E-state index contributed by atoms with van der Waals surface area (Å²) in [4.78, 5) is 17.2. The fourth-order valence-electron chi connectivity index (χ4n) is 3.98. The van der Waals surface area contributed by atoms with Gasteiger partial charge >= 0.3 is 0 Å². The molecule has 0 saturated heterocycles. The number of fused-ring (bicyclic) bond motifs is 1. The Bertz CT molecular complexity index is 1570. The van der Waals surface area contributed by atoms with E-state index in [1.807, 2.05) is 0 Å². The molecule has 2 aromatic carbocycles. The largest absolute Gasteiger partial charge is 0.381 e. The molecule has 5 aromatic rings. The molecule has 5 rings (SSSR count). The van der Waals surface area contributed by atoms with Crippen molar-refractivity contribution in [1.29, 1.82) is 0 Å². The van der Waals surface area contributed by atoms with Gasteiger partial charge in [0.1, 0.15) is 29.9 Å². The van der Waals surface area contributed by atoms with E-state index in [-0.39, 0.29) is 17.6 Å². The van der Waals surface area contributed by atoms with E-state index in [4.69, 9.17) is 11.6 Å². The Labute approximate surface area is 201 Å².